The van der Waals surface area contributed by atoms with E-state index in [9.17, 15) is 5.11 Å². The van der Waals surface area contributed by atoms with Gasteiger partial charge in [0.25, 0.3) is 0 Å². The second-order valence-corrected chi connectivity index (χ2v) is 4.33. The predicted molar refractivity (Wildman–Crippen MR) is 60.2 cm³/mol. The molecule has 0 aromatic carbocycles. The fraction of sp³-hybridized carbons (Fsp3) is 0.900. The number of aliphatic hydroxyl groups is 1. The molecule has 0 aromatic rings. The molecule has 0 fully saturated rings. The maximum atomic E-state index is 9.91. The van der Waals surface area contributed by atoms with E-state index >= 15 is 0 Å². The molecule has 0 spiro atoms. The summed E-state index contributed by atoms with van der Waals surface area (Å²) < 4.78 is 0. The van der Waals surface area contributed by atoms with Crippen molar-refractivity contribution in [3.05, 3.63) is 0 Å². The second kappa shape index (κ2) is 5.86. The van der Waals surface area contributed by atoms with Crippen LogP contribution in [0.15, 0.2) is 4.99 Å². The lowest BCUT2D eigenvalue weighted by Crippen LogP contribution is -2.35. The number of nitrogens with zero attached hydrogens (tertiary/aromatic N) is 1. The smallest absolute Gasteiger partial charge is 0.188 e. The van der Waals surface area contributed by atoms with E-state index in [1.165, 1.54) is 0 Å². The van der Waals surface area contributed by atoms with Crippen LogP contribution in [0.1, 0.15) is 34.1 Å². The Hall–Kier alpha value is -0.770. The van der Waals surface area contributed by atoms with Crippen LogP contribution in [-0.4, -0.2) is 29.8 Å². The van der Waals surface area contributed by atoms with Crippen molar-refractivity contribution < 1.29 is 5.11 Å². The average Bonchev–Trinajstić information content (AvgIpc) is 1.99. The van der Waals surface area contributed by atoms with Gasteiger partial charge in [-0.15, -0.1) is 0 Å². The molecule has 4 heteroatoms. The van der Waals surface area contributed by atoms with E-state index in [2.05, 4.69) is 24.2 Å². The zero-order chi connectivity index (χ0) is 11.2. The van der Waals surface area contributed by atoms with E-state index in [0.29, 0.717) is 18.4 Å². The first kappa shape index (κ1) is 13.2. The van der Waals surface area contributed by atoms with Gasteiger partial charge in [0.2, 0.25) is 0 Å². The molecule has 0 saturated heterocycles. The van der Waals surface area contributed by atoms with Gasteiger partial charge in [-0.2, -0.15) is 0 Å². The highest BCUT2D eigenvalue weighted by atomic mass is 16.3. The number of nitrogens with two attached hydrogens (primary N) is 1. The minimum Gasteiger partial charge on any atom is -0.388 e. The van der Waals surface area contributed by atoms with Crippen LogP contribution < -0.4 is 11.1 Å². The van der Waals surface area contributed by atoms with Gasteiger partial charge in [-0.25, -0.2) is 0 Å². The summed E-state index contributed by atoms with van der Waals surface area (Å²) in [5.41, 5.74) is 4.79. The van der Waals surface area contributed by atoms with E-state index in [-0.39, 0.29) is 0 Å². The number of nitrogens with one attached hydrogen (secondary N) is 1. The summed E-state index contributed by atoms with van der Waals surface area (Å²) in [6.07, 6.45) is 0.732. The second-order valence-electron chi connectivity index (χ2n) is 4.33. The van der Waals surface area contributed by atoms with Crippen LogP contribution in [0.2, 0.25) is 0 Å². The molecular weight excluding hydrogens is 178 g/mol. The lowest BCUT2D eigenvalue weighted by atomic mass is 9.94. The molecule has 1 unspecified atom stereocenters. The highest BCUT2D eigenvalue weighted by molar-refractivity contribution is 5.77. The normalized spacial score (nSPS) is 16.9. The standard InChI is InChI=1S/C10H23N3O/c1-5-12-9(11)13-7-10(4,14)6-8(2)3/h8,14H,5-7H2,1-4H3,(H3,11,12,13). The third-order valence-corrected chi connectivity index (χ3v) is 1.80. The van der Waals surface area contributed by atoms with Crippen molar-refractivity contribution in [1.29, 1.82) is 0 Å². The van der Waals surface area contributed by atoms with Gasteiger partial charge in [-0.05, 0) is 26.2 Å². The highest BCUT2D eigenvalue weighted by Gasteiger charge is 2.21. The number of hydrogen-bond donors (Lipinski definition) is 3. The van der Waals surface area contributed by atoms with Gasteiger partial charge in [0.15, 0.2) is 5.96 Å². The van der Waals surface area contributed by atoms with E-state index < -0.39 is 5.60 Å². The zero-order valence-electron chi connectivity index (χ0n) is 9.67. The Morgan fingerprint density at radius 1 is 1.57 bits per heavy atom. The summed E-state index contributed by atoms with van der Waals surface area (Å²) in [7, 11) is 0. The third kappa shape index (κ3) is 6.71. The molecule has 0 bridgehead atoms. The van der Waals surface area contributed by atoms with Crippen molar-refractivity contribution in [1.82, 2.24) is 5.32 Å². The first-order chi connectivity index (χ1) is 6.37. The van der Waals surface area contributed by atoms with Gasteiger partial charge < -0.3 is 16.2 Å². The van der Waals surface area contributed by atoms with Crippen LogP contribution in [0.4, 0.5) is 0 Å². The fourth-order valence-corrected chi connectivity index (χ4v) is 1.44. The maximum Gasteiger partial charge on any atom is 0.188 e. The molecule has 0 aromatic heterocycles. The zero-order valence-corrected chi connectivity index (χ0v) is 9.67. The quantitative estimate of drug-likeness (QED) is 0.453. The van der Waals surface area contributed by atoms with Crippen molar-refractivity contribution >= 4 is 5.96 Å². The van der Waals surface area contributed by atoms with Crippen molar-refractivity contribution in [3.63, 3.8) is 0 Å². The van der Waals surface area contributed by atoms with Gasteiger partial charge in [0.05, 0.1) is 12.1 Å². The Labute approximate surface area is 86.6 Å². The summed E-state index contributed by atoms with van der Waals surface area (Å²) in [6, 6.07) is 0. The lowest BCUT2D eigenvalue weighted by molar-refractivity contribution is 0.0477. The molecule has 0 amide bonds. The van der Waals surface area contributed by atoms with Gasteiger partial charge in [0, 0.05) is 6.54 Å². The average molecular weight is 201 g/mol. The summed E-state index contributed by atoms with van der Waals surface area (Å²) in [4.78, 5) is 4.07. The predicted octanol–water partition coefficient (Wildman–Crippen LogP) is 0.708. The van der Waals surface area contributed by atoms with Crippen molar-refractivity contribution in [2.45, 2.75) is 39.7 Å². The van der Waals surface area contributed by atoms with Gasteiger partial charge >= 0.3 is 0 Å². The van der Waals surface area contributed by atoms with E-state index in [4.69, 9.17) is 5.73 Å². The van der Waals surface area contributed by atoms with E-state index in [1.807, 2.05) is 6.92 Å². The summed E-state index contributed by atoms with van der Waals surface area (Å²) >= 11 is 0. The van der Waals surface area contributed by atoms with Gasteiger partial charge in [0.1, 0.15) is 0 Å². The molecule has 84 valence electrons. The molecular formula is C10H23N3O. The molecule has 4 N–H and O–H groups in total. The molecule has 0 saturated carbocycles. The minimum atomic E-state index is -0.756. The topological polar surface area (TPSA) is 70.6 Å². The van der Waals surface area contributed by atoms with Crippen molar-refractivity contribution in [2.24, 2.45) is 16.6 Å². The molecule has 0 heterocycles. The van der Waals surface area contributed by atoms with E-state index in [0.717, 1.165) is 13.0 Å². The number of guanidine groups is 1. The number of rotatable bonds is 5. The Balaban J connectivity index is 4.02. The fourth-order valence-electron chi connectivity index (χ4n) is 1.44. The lowest BCUT2D eigenvalue weighted by Gasteiger charge is -2.23. The molecule has 0 rings (SSSR count). The Morgan fingerprint density at radius 2 is 2.14 bits per heavy atom. The molecule has 0 aliphatic carbocycles. The number of hydrogen-bond acceptors (Lipinski definition) is 2. The van der Waals surface area contributed by atoms with Crippen LogP contribution in [0.25, 0.3) is 0 Å². The largest absolute Gasteiger partial charge is 0.388 e. The Bertz CT molecular complexity index is 188. The minimum absolute atomic E-state index is 0.351. The van der Waals surface area contributed by atoms with Crippen LogP contribution in [0.5, 0.6) is 0 Å². The summed E-state index contributed by atoms with van der Waals surface area (Å²) in [6.45, 7) is 8.99. The SMILES string of the molecule is CCNC(N)=NCC(C)(O)CC(C)C. The van der Waals surface area contributed by atoms with Gasteiger partial charge in [-0.3, -0.25) is 4.99 Å². The maximum absolute atomic E-state index is 9.91. The van der Waals surface area contributed by atoms with Crippen LogP contribution in [-0.2, 0) is 0 Å². The molecule has 0 radical (unpaired) electrons. The Morgan fingerprint density at radius 3 is 2.57 bits per heavy atom. The third-order valence-electron chi connectivity index (χ3n) is 1.80. The first-order valence-electron chi connectivity index (χ1n) is 5.13. The summed E-state index contributed by atoms with van der Waals surface area (Å²) in [5, 5.41) is 12.8. The van der Waals surface area contributed by atoms with Crippen molar-refractivity contribution in [2.75, 3.05) is 13.1 Å². The Kier molecular flexibility index (Phi) is 5.53. The molecule has 0 aliphatic heterocycles. The molecule has 1 atom stereocenters. The highest BCUT2D eigenvalue weighted by Crippen LogP contribution is 2.16. The van der Waals surface area contributed by atoms with Crippen LogP contribution in [0.3, 0.4) is 0 Å². The molecule has 0 aliphatic rings. The van der Waals surface area contributed by atoms with E-state index in [1.54, 1.807) is 6.92 Å². The van der Waals surface area contributed by atoms with Gasteiger partial charge in [-0.1, -0.05) is 13.8 Å². The molecule has 4 nitrogen and oxygen atoms in total. The van der Waals surface area contributed by atoms with Crippen LogP contribution >= 0.6 is 0 Å². The van der Waals surface area contributed by atoms with Crippen molar-refractivity contribution in [3.8, 4) is 0 Å². The molecule has 14 heavy (non-hydrogen) atoms. The first-order valence-corrected chi connectivity index (χ1v) is 5.13. The van der Waals surface area contributed by atoms with Crippen LogP contribution in [0, 0.1) is 5.92 Å². The monoisotopic (exact) mass is 201 g/mol. The summed E-state index contributed by atoms with van der Waals surface area (Å²) in [5.74, 6) is 0.858. The number of aliphatic imine (C=N–C) groups is 1.